The fourth-order valence-corrected chi connectivity index (χ4v) is 1.52. The maximum Gasteiger partial charge on any atom is 0.267 e. The van der Waals surface area contributed by atoms with Crippen molar-refractivity contribution in [3.63, 3.8) is 0 Å². The van der Waals surface area contributed by atoms with Crippen LogP contribution in [-0.2, 0) is 11.8 Å². The lowest BCUT2D eigenvalue weighted by atomic mass is 10.2. The van der Waals surface area contributed by atoms with Gasteiger partial charge in [-0.05, 0) is 12.0 Å². The Hall–Kier alpha value is -1.49. The molecule has 16 heavy (non-hydrogen) atoms. The number of nitrogen functional groups attached to an aromatic ring is 1. The number of nitrogens with one attached hydrogen (secondary N) is 1. The number of anilines is 1. The van der Waals surface area contributed by atoms with Gasteiger partial charge in [0.25, 0.3) is 5.91 Å². The van der Waals surface area contributed by atoms with Gasteiger partial charge in [-0.1, -0.05) is 6.92 Å². The lowest BCUT2D eigenvalue weighted by Gasteiger charge is -2.11. The SMILES string of the molecule is COCC(C)CNC(=O)c1cc(N)cn1C. The van der Waals surface area contributed by atoms with Crippen LogP contribution < -0.4 is 11.1 Å². The Labute approximate surface area is 95.6 Å². The summed E-state index contributed by atoms with van der Waals surface area (Å²) in [6.07, 6.45) is 1.72. The summed E-state index contributed by atoms with van der Waals surface area (Å²) in [6, 6.07) is 1.66. The maximum atomic E-state index is 11.8. The highest BCUT2D eigenvalue weighted by molar-refractivity contribution is 5.93. The normalized spacial score (nSPS) is 12.4. The van der Waals surface area contributed by atoms with Gasteiger partial charge in [-0.15, -0.1) is 0 Å². The highest BCUT2D eigenvalue weighted by Gasteiger charge is 2.11. The van der Waals surface area contributed by atoms with E-state index >= 15 is 0 Å². The zero-order valence-electron chi connectivity index (χ0n) is 9.99. The van der Waals surface area contributed by atoms with Gasteiger partial charge in [0.2, 0.25) is 0 Å². The molecule has 1 rings (SSSR count). The topological polar surface area (TPSA) is 69.3 Å². The number of aromatic nitrogens is 1. The molecule has 5 heteroatoms. The van der Waals surface area contributed by atoms with Crippen molar-refractivity contribution in [2.45, 2.75) is 6.92 Å². The Morgan fingerprint density at radius 3 is 2.88 bits per heavy atom. The van der Waals surface area contributed by atoms with Gasteiger partial charge >= 0.3 is 0 Å². The third-order valence-electron chi connectivity index (χ3n) is 2.32. The summed E-state index contributed by atoms with van der Waals surface area (Å²) in [5, 5.41) is 2.84. The fraction of sp³-hybridized carbons (Fsp3) is 0.545. The van der Waals surface area contributed by atoms with Crippen LogP contribution in [0.25, 0.3) is 0 Å². The second kappa shape index (κ2) is 5.55. The first-order valence-corrected chi connectivity index (χ1v) is 5.23. The lowest BCUT2D eigenvalue weighted by Crippen LogP contribution is -2.31. The average molecular weight is 225 g/mol. The van der Waals surface area contributed by atoms with Crippen molar-refractivity contribution in [1.82, 2.24) is 9.88 Å². The summed E-state index contributed by atoms with van der Waals surface area (Å²) in [6.45, 7) is 3.25. The van der Waals surface area contributed by atoms with Gasteiger partial charge in [-0.25, -0.2) is 0 Å². The highest BCUT2D eigenvalue weighted by Crippen LogP contribution is 2.08. The number of hydrogen-bond acceptors (Lipinski definition) is 3. The molecule has 0 radical (unpaired) electrons. The Bertz CT molecular complexity index is 360. The molecule has 1 aromatic rings. The van der Waals surface area contributed by atoms with E-state index in [2.05, 4.69) is 5.32 Å². The predicted molar refractivity (Wildman–Crippen MR) is 63.2 cm³/mol. The number of nitrogens with two attached hydrogens (primary N) is 1. The van der Waals surface area contributed by atoms with Gasteiger partial charge < -0.3 is 20.4 Å². The number of hydrogen-bond donors (Lipinski definition) is 2. The van der Waals surface area contributed by atoms with Gasteiger partial charge in [-0.2, -0.15) is 0 Å². The minimum atomic E-state index is -0.109. The third-order valence-corrected chi connectivity index (χ3v) is 2.32. The van der Waals surface area contributed by atoms with E-state index in [1.165, 1.54) is 0 Å². The molecule has 0 aromatic carbocycles. The molecule has 1 atom stereocenters. The van der Waals surface area contributed by atoms with Crippen LogP contribution in [0.2, 0.25) is 0 Å². The Kier molecular flexibility index (Phi) is 4.37. The Morgan fingerprint density at radius 2 is 2.38 bits per heavy atom. The first-order chi connectivity index (χ1) is 7.54. The molecule has 1 aromatic heterocycles. The molecule has 0 saturated carbocycles. The van der Waals surface area contributed by atoms with Crippen LogP contribution in [0.3, 0.4) is 0 Å². The van der Waals surface area contributed by atoms with Crippen molar-refractivity contribution in [2.24, 2.45) is 13.0 Å². The number of ether oxygens (including phenoxy) is 1. The largest absolute Gasteiger partial charge is 0.397 e. The van der Waals surface area contributed by atoms with E-state index in [-0.39, 0.29) is 5.91 Å². The molecule has 0 aliphatic heterocycles. The number of amides is 1. The smallest absolute Gasteiger partial charge is 0.267 e. The van der Waals surface area contributed by atoms with E-state index in [4.69, 9.17) is 10.5 Å². The quantitative estimate of drug-likeness (QED) is 0.771. The molecule has 0 saturated heterocycles. The van der Waals surface area contributed by atoms with Crippen molar-refractivity contribution >= 4 is 11.6 Å². The summed E-state index contributed by atoms with van der Waals surface area (Å²) in [7, 11) is 3.44. The van der Waals surface area contributed by atoms with E-state index < -0.39 is 0 Å². The zero-order valence-corrected chi connectivity index (χ0v) is 9.99. The van der Waals surface area contributed by atoms with Crippen LogP contribution in [0.1, 0.15) is 17.4 Å². The standard InChI is InChI=1S/C11H19N3O2/c1-8(7-16-3)5-13-11(15)10-4-9(12)6-14(10)2/h4,6,8H,5,7,12H2,1-3H3,(H,13,15). The number of rotatable bonds is 5. The summed E-state index contributed by atoms with van der Waals surface area (Å²) in [5.74, 6) is 0.189. The van der Waals surface area contributed by atoms with Crippen LogP contribution >= 0.6 is 0 Å². The minimum absolute atomic E-state index is 0.109. The average Bonchev–Trinajstić information content (AvgIpc) is 2.55. The van der Waals surface area contributed by atoms with Crippen LogP contribution in [0.5, 0.6) is 0 Å². The minimum Gasteiger partial charge on any atom is -0.397 e. The van der Waals surface area contributed by atoms with E-state index in [1.807, 2.05) is 6.92 Å². The molecule has 0 aliphatic carbocycles. The molecule has 1 heterocycles. The van der Waals surface area contributed by atoms with Gasteiger partial charge in [0.15, 0.2) is 0 Å². The first-order valence-electron chi connectivity index (χ1n) is 5.23. The van der Waals surface area contributed by atoms with Crippen LogP contribution in [0, 0.1) is 5.92 Å². The van der Waals surface area contributed by atoms with E-state index in [0.717, 1.165) is 0 Å². The monoisotopic (exact) mass is 225 g/mol. The summed E-state index contributed by atoms with van der Waals surface area (Å²) < 4.78 is 6.71. The van der Waals surface area contributed by atoms with E-state index in [9.17, 15) is 4.79 Å². The van der Waals surface area contributed by atoms with Crippen molar-refractivity contribution in [1.29, 1.82) is 0 Å². The van der Waals surface area contributed by atoms with E-state index in [1.54, 1.807) is 31.0 Å². The van der Waals surface area contributed by atoms with Crippen LogP contribution in [0.15, 0.2) is 12.3 Å². The summed E-state index contributed by atoms with van der Waals surface area (Å²) in [4.78, 5) is 11.8. The third kappa shape index (κ3) is 3.27. The molecule has 0 aliphatic rings. The summed E-state index contributed by atoms with van der Waals surface area (Å²) in [5.41, 5.74) is 6.77. The van der Waals surface area contributed by atoms with E-state index in [0.29, 0.717) is 30.5 Å². The van der Waals surface area contributed by atoms with Gasteiger partial charge in [-0.3, -0.25) is 4.79 Å². The molecule has 1 amide bonds. The lowest BCUT2D eigenvalue weighted by molar-refractivity contribution is 0.0926. The number of nitrogens with zero attached hydrogens (tertiary/aromatic N) is 1. The molecule has 3 N–H and O–H groups in total. The predicted octanol–water partition coefficient (Wildman–Crippen LogP) is 0.620. The Morgan fingerprint density at radius 1 is 1.69 bits per heavy atom. The van der Waals surface area contributed by atoms with Gasteiger partial charge in [0.1, 0.15) is 5.69 Å². The van der Waals surface area contributed by atoms with Gasteiger partial charge in [0.05, 0.1) is 12.3 Å². The molecule has 90 valence electrons. The van der Waals surface area contributed by atoms with Crippen LogP contribution in [-0.4, -0.2) is 30.7 Å². The molecule has 5 nitrogen and oxygen atoms in total. The van der Waals surface area contributed by atoms with Gasteiger partial charge in [0, 0.05) is 26.9 Å². The fourth-order valence-electron chi connectivity index (χ4n) is 1.52. The molecule has 0 spiro atoms. The molecular weight excluding hydrogens is 206 g/mol. The molecular formula is C11H19N3O2. The zero-order chi connectivity index (χ0) is 12.1. The second-order valence-electron chi connectivity index (χ2n) is 4.04. The highest BCUT2D eigenvalue weighted by atomic mass is 16.5. The number of methoxy groups -OCH3 is 1. The van der Waals surface area contributed by atoms with Crippen molar-refractivity contribution < 1.29 is 9.53 Å². The number of carbonyl (C=O) groups excluding carboxylic acids is 1. The Balaban J connectivity index is 2.50. The number of aryl methyl sites for hydroxylation is 1. The molecule has 1 unspecified atom stereocenters. The van der Waals surface area contributed by atoms with Crippen molar-refractivity contribution in [3.8, 4) is 0 Å². The first kappa shape index (κ1) is 12.6. The second-order valence-corrected chi connectivity index (χ2v) is 4.04. The maximum absolute atomic E-state index is 11.8. The van der Waals surface area contributed by atoms with Crippen molar-refractivity contribution in [3.05, 3.63) is 18.0 Å². The van der Waals surface area contributed by atoms with Crippen molar-refractivity contribution in [2.75, 3.05) is 26.0 Å². The molecule has 0 bridgehead atoms. The summed E-state index contributed by atoms with van der Waals surface area (Å²) >= 11 is 0. The van der Waals surface area contributed by atoms with Crippen LogP contribution in [0.4, 0.5) is 5.69 Å². The molecule has 0 fully saturated rings. The number of carbonyl (C=O) groups is 1.